The normalized spacial score (nSPS) is 21.3. The van der Waals surface area contributed by atoms with E-state index in [0.29, 0.717) is 53.4 Å². The fourth-order valence-electron chi connectivity index (χ4n) is 4.68. The van der Waals surface area contributed by atoms with Crippen LogP contribution in [0.2, 0.25) is 0 Å². The molecule has 0 bridgehead atoms. The molecule has 7 heteroatoms. The zero-order chi connectivity index (χ0) is 21.6. The Morgan fingerprint density at radius 2 is 2.06 bits per heavy atom. The van der Waals surface area contributed by atoms with Crippen LogP contribution < -0.4 is 0 Å². The minimum atomic E-state index is -0.704. The number of nitrogens with zero attached hydrogens (tertiary/aromatic N) is 3. The third-order valence-electron chi connectivity index (χ3n) is 6.67. The number of pyridine rings is 1. The van der Waals surface area contributed by atoms with E-state index in [1.165, 1.54) is 6.07 Å². The van der Waals surface area contributed by atoms with Crippen molar-refractivity contribution in [2.75, 3.05) is 26.3 Å². The van der Waals surface area contributed by atoms with E-state index in [4.69, 9.17) is 19.7 Å². The average molecular weight is 421 g/mol. The summed E-state index contributed by atoms with van der Waals surface area (Å²) in [7, 11) is 0. The summed E-state index contributed by atoms with van der Waals surface area (Å²) in [5, 5.41) is 8.98. The van der Waals surface area contributed by atoms with Crippen molar-refractivity contribution < 1.29 is 18.7 Å². The highest BCUT2D eigenvalue weighted by Crippen LogP contribution is 2.44. The Balaban J connectivity index is 1.42. The van der Waals surface area contributed by atoms with Crippen molar-refractivity contribution in [1.29, 1.82) is 5.26 Å². The monoisotopic (exact) mass is 421 g/mol. The van der Waals surface area contributed by atoms with E-state index in [1.54, 1.807) is 25.1 Å². The summed E-state index contributed by atoms with van der Waals surface area (Å²) in [6.45, 7) is 4.95. The number of esters is 1. The number of ether oxygens (including phenoxy) is 2. The number of piperidine rings is 1. The molecular weight excluding hydrogens is 397 g/mol. The van der Waals surface area contributed by atoms with Crippen molar-refractivity contribution >= 4 is 5.97 Å². The van der Waals surface area contributed by atoms with Gasteiger partial charge in [-0.3, -0.25) is 4.90 Å². The standard InChI is InChI=1S/C24H24FN3O3/c1-15(12-26)10-16-2-3-17(11-20(16)25)21-5-4-19-22(27-21)24(31-23(19)29)6-8-28(9-7-24)18-13-30-14-18/h2-5,11,15,18H,6-10,13-14H2,1H3/t15-/m0/s1. The molecule has 5 rings (SSSR count). The molecule has 1 spiro atoms. The van der Waals surface area contributed by atoms with E-state index in [0.717, 1.165) is 26.3 Å². The quantitative estimate of drug-likeness (QED) is 0.704. The van der Waals surface area contributed by atoms with Gasteiger partial charge in [0.25, 0.3) is 0 Å². The second-order valence-corrected chi connectivity index (χ2v) is 8.74. The second kappa shape index (κ2) is 7.70. The molecule has 0 unspecified atom stereocenters. The summed E-state index contributed by atoms with van der Waals surface area (Å²) in [5.74, 6) is -0.930. The first-order chi connectivity index (χ1) is 15.0. The van der Waals surface area contributed by atoms with Crippen molar-refractivity contribution in [2.45, 2.75) is 37.8 Å². The highest BCUT2D eigenvalue weighted by atomic mass is 19.1. The van der Waals surface area contributed by atoms with Gasteiger partial charge in [-0.15, -0.1) is 0 Å². The van der Waals surface area contributed by atoms with E-state index >= 15 is 0 Å². The molecule has 0 saturated carbocycles. The molecule has 1 aromatic carbocycles. The lowest BCUT2D eigenvalue weighted by atomic mass is 9.86. The maximum atomic E-state index is 14.6. The lowest BCUT2D eigenvalue weighted by Crippen LogP contribution is -2.54. The molecule has 3 aliphatic rings. The van der Waals surface area contributed by atoms with Crippen molar-refractivity contribution in [3.8, 4) is 17.3 Å². The summed E-state index contributed by atoms with van der Waals surface area (Å²) in [6, 6.07) is 11.1. The molecule has 2 saturated heterocycles. The second-order valence-electron chi connectivity index (χ2n) is 8.74. The Morgan fingerprint density at radius 3 is 2.71 bits per heavy atom. The highest BCUT2D eigenvalue weighted by molar-refractivity contribution is 5.94. The summed E-state index contributed by atoms with van der Waals surface area (Å²) in [5.41, 5.74) is 2.24. The Kier molecular flexibility index (Phi) is 4.99. The summed E-state index contributed by atoms with van der Waals surface area (Å²) < 4.78 is 25.8. The Hall–Kier alpha value is -2.82. The first-order valence-electron chi connectivity index (χ1n) is 10.7. The summed E-state index contributed by atoms with van der Waals surface area (Å²) in [4.78, 5) is 19.7. The number of carbonyl (C=O) groups is 1. The van der Waals surface area contributed by atoms with Gasteiger partial charge in [0.05, 0.1) is 42.3 Å². The molecule has 0 amide bonds. The molecule has 0 radical (unpaired) electrons. The SMILES string of the molecule is C[C@H](C#N)Cc1ccc(-c2ccc3c(n2)C2(CCN(C4COC4)CC2)OC3=O)cc1F. The summed E-state index contributed by atoms with van der Waals surface area (Å²) in [6.07, 6.45) is 1.75. The fourth-order valence-corrected chi connectivity index (χ4v) is 4.68. The van der Waals surface area contributed by atoms with Gasteiger partial charge in [0.15, 0.2) is 5.60 Å². The number of likely N-dealkylation sites (tertiary alicyclic amines) is 1. The maximum absolute atomic E-state index is 14.6. The number of carbonyl (C=O) groups excluding carboxylic acids is 1. The van der Waals surface area contributed by atoms with Crippen molar-refractivity contribution in [1.82, 2.24) is 9.88 Å². The highest BCUT2D eigenvalue weighted by Gasteiger charge is 2.49. The van der Waals surface area contributed by atoms with Crippen LogP contribution in [0.1, 0.15) is 41.4 Å². The molecule has 2 fully saturated rings. The van der Waals surface area contributed by atoms with Crippen LogP contribution in [0.4, 0.5) is 4.39 Å². The molecule has 160 valence electrons. The van der Waals surface area contributed by atoms with Gasteiger partial charge < -0.3 is 9.47 Å². The molecule has 3 aliphatic heterocycles. The van der Waals surface area contributed by atoms with Crippen LogP contribution in [-0.2, 0) is 21.5 Å². The third kappa shape index (κ3) is 3.50. The molecular formula is C24H24FN3O3. The van der Waals surface area contributed by atoms with Crippen LogP contribution in [0.15, 0.2) is 30.3 Å². The molecule has 1 aromatic heterocycles. The number of nitriles is 1. The lowest BCUT2D eigenvalue weighted by molar-refractivity contribution is -0.102. The topological polar surface area (TPSA) is 75.5 Å². The van der Waals surface area contributed by atoms with E-state index in [9.17, 15) is 9.18 Å². The lowest BCUT2D eigenvalue weighted by Gasteiger charge is -2.44. The first kappa shape index (κ1) is 20.1. The van der Waals surface area contributed by atoms with Gasteiger partial charge in [0.1, 0.15) is 5.82 Å². The minimum absolute atomic E-state index is 0.251. The van der Waals surface area contributed by atoms with Crippen LogP contribution in [0.3, 0.4) is 0 Å². The van der Waals surface area contributed by atoms with Crippen LogP contribution in [0, 0.1) is 23.1 Å². The Bertz CT molecular complexity index is 1070. The predicted molar refractivity (Wildman–Crippen MR) is 111 cm³/mol. The Morgan fingerprint density at radius 1 is 1.29 bits per heavy atom. The first-order valence-corrected chi connectivity index (χ1v) is 10.7. The number of rotatable bonds is 4. The van der Waals surface area contributed by atoms with Crippen LogP contribution in [-0.4, -0.2) is 48.2 Å². The van der Waals surface area contributed by atoms with Gasteiger partial charge >= 0.3 is 5.97 Å². The molecule has 0 N–H and O–H groups in total. The van der Waals surface area contributed by atoms with E-state index in [1.807, 2.05) is 6.07 Å². The number of fused-ring (bicyclic) bond motifs is 2. The zero-order valence-electron chi connectivity index (χ0n) is 17.4. The molecule has 6 nitrogen and oxygen atoms in total. The number of hydrogen-bond acceptors (Lipinski definition) is 6. The largest absolute Gasteiger partial charge is 0.449 e. The minimum Gasteiger partial charge on any atom is -0.449 e. The predicted octanol–water partition coefficient (Wildman–Crippen LogP) is 3.45. The molecule has 4 heterocycles. The van der Waals surface area contributed by atoms with Crippen LogP contribution in [0.5, 0.6) is 0 Å². The number of halogens is 1. The van der Waals surface area contributed by atoms with Gasteiger partial charge in [-0.2, -0.15) is 5.26 Å². The van der Waals surface area contributed by atoms with Crippen molar-refractivity contribution in [3.05, 3.63) is 53.0 Å². The fraction of sp³-hybridized carbons (Fsp3) is 0.458. The number of aromatic nitrogens is 1. The smallest absolute Gasteiger partial charge is 0.341 e. The van der Waals surface area contributed by atoms with Gasteiger partial charge in [-0.1, -0.05) is 12.1 Å². The molecule has 2 aromatic rings. The van der Waals surface area contributed by atoms with Crippen molar-refractivity contribution in [3.63, 3.8) is 0 Å². The molecule has 31 heavy (non-hydrogen) atoms. The van der Waals surface area contributed by atoms with Gasteiger partial charge in [0, 0.05) is 37.4 Å². The van der Waals surface area contributed by atoms with E-state index < -0.39 is 5.60 Å². The average Bonchev–Trinajstić information content (AvgIpc) is 3.00. The molecule has 1 atom stereocenters. The third-order valence-corrected chi connectivity index (χ3v) is 6.67. The van der Waals surface area contributed by atoms with Crippen molar-refractivity contribution in [2.24, 2.45) is 5.92 Å². The number of benzene rings is 1. The van der Waals surface area contributed by atoms with Crippen LogP contribution >= 0.6 is 0 Å². The zero-order valence-corrected chi connectivity index (χ0v) is 17.4. The van der Waals surface area contributed by atoms with Gasteiger partial charge in [-0.25, -0.2) is 14.2 Å². The maximum Gasteiger partial charge on any atom is 0.341 e. The van der Waals surface area contributed by atoms with Crippen LogP contribution in [0.25, 0.3) is 11.3 Å². The van der Waals surface area contributed by atoms with Gasteiger partial charge in [-0.05, 0) is 37.1 Å². The van der Waals surface area contributed by atoms with E-state index in [-0.39, 0.29) is 17.7 Å². The van der Waals surface area contributed by atoms with E-state index in [2.05, 4.69) is 11.0 Å². The Labute approximate surface area is 180 Å². The summed E-state index contributed by atoms with van der Waals surface area (Å²) >= 11 is 0. The molecule has 0 aliphatic carbocycles. The number of hydrogen-bond donors (Lipinski definition) is 0. The van der Waals surface area contributed by atoms with Gasteiger partial charge in [0.2, 0.25) is 0 Å².